The van der Waals surface area contributed by atoms with E-state index in [0.29, 0.717) is 11.1 Å². The van der Waals surface area contributed by atoms with Crippen molar-refractivity contribution >= 4 is 5.97 Å². The van der Waals surface area contributed by atoms with Crippen molar-refractivity contribution in [3.05, 3.63) is 35.1 Å². The van der Waals surface area contributed by atoms with Crippen molar-refractivity contribution in [1.29, 1.82) is 0 Å². The summed E-state index contributed by atoms with van der Waals surface area (Å²) in [7, 11) is 0. The first-order valence-corrected chi connectivity index (χ1v) is 5.10. The Hall–Kier alpha value is -1.42. The van der Waals surface area contributed by atoms with Gasteiger partial charge in [0, 0.05) is 0 Å². The largest absolute Gasteiger partial charge is 0.481 e. The Kier molecular flexibility index (Phi) is 3.65. The molecule has 1 aromatic carbocycles. The number of carboxylic acids is 1. The zero-order chi connectivity index (χ0) is 12.3. The van der Waals surface area contributed by atoms with Crippen LogP contribution in [0.3, 0.4) is 0 Å². The molecule has 0 heterocycles. The fourth-order valence-corrected chi connectivity index (χ4v) is 1.62. The highest BCUT2D eigenvalue weighted by Gasteiger charge is 2.30. The van der Waals surface area contributed by atoms with Gasteiger partial charge >= 0.3 is 5.97 Å². The van der Waals surface area contributed by atoms with Crippen molar-refractivity contribution in [2.75, 3.05) is 0 Å². The maximum absolute atomic E-state index is 13.1. The number of carboxylic acid groups (broad SMARTS) is 1. The lowest BCUT2D eigenvalue weighted by Crippen LogP contribution is -2.28. The van der Waals surface area contributed by atoms with Crippen molar-refractivity contribution < 1.29 is 19.4 Å². The van der Waals surface area contributed by atoms with Crippen LogP contribution in [-0.4, -0.2) is 16.2 Å². The van der Waals surface area contributed by atoms with E-state index in [0.717, 1.165) is 0 Å². The van der Waals surface area contributed by atoms with Gasteiger partial charge in [-0.05, 0) is 30.5 Å². The maximum atomic E-state index is 13.1. The van der Waals surface area contributed by atoms with E-state index in [2.05, 4.69) is 0 Å². The number of aryl methyl sites for hydroxylation is 1. The van der Waals surface area contributed by atoms with Crippen molar-refractivity contribution in [3.8, 4) is 0 Å². The highest BCUT2D eigenvalue weighted by atomic mass is 19.1. The summed E-state index contributed by atoms with van der Waals surface area (Å²) in [5, 5.41) is 18.9. The van der Waals surface area contributed by atoms with E-state index in [1.807, 2.05) is 0 Å². The van der Waals surface area contributed by atoms with Gasteiger partial charge in [0.15, 0.2) is 0 Å². The van der Waals surface area contributed by atoms with Crippen LogP contribution in [0.15, 0.2) is 18.2 Å². The summed E-state index contributed by atoms with van der Waals surface area (Å²) in [5.41, 5.74) is -0.587. The Balaban J connectivity index is 3.12. The van der Waals surface area contributed by atoms with Gasteiger partial charge in [0.2, 0.25) is 0 Å². The van der Waals surface area contributed by atoms with Crippen molar-refractivity contribution in [3.63, 3.8) is 0 Å². The van der Waals surface area contributed by atoms with Gasteiger partial charge < -0.3 is 10.2 Å². The first-order chi connectivity index (χ1) is 7.39. The molecule has 0 aliphatic rings. The van der Waals surface area contributed by atoms with Gasteiger partial charge in [-0.25, -0.2) is 4.39 Å². The summed E-state index contributed by atoms with van der Waals surface area (Å²) < 4.78 is 13.1. The third-order valence-electron chi connectivity index (χ3n) is 2.72. The van der Waals surface area contributed by atoms with E-state index in [4.69, 9.17) is 5.11 Å². The minimum Gasteiger partial charge on any atom is -0.481 e. The summed E-state index contributed by atoms with van der Waals surface area (Å²) in [5.74, 6) is -1.44. The molecule has 3 nitrogen and oxygen atoms in total. The Bertz CT molecular complexity index is 403. The molecule has 0 amide bonds. The Morgan fingerprint density at radius 3 is 2.56 bits per heavy atom. The average Bonchev–Trinajstić information content (AvgIpc) is 2.21. The van der Waals surface area contributed by atoms with Crippen LogP contribution in [0.4, 0.5) is 4.39 Å². The molecule has 1 unspecified atom stereocenters. The molecular weight excluding hydrogens is 211 g/mol. The predicted molar refractivity (Wildman–Crippen MR) is 57.6 cm³/mol. The normalized spacial score (nSPS) is 14.5. The van der Waals surface area contributed by atoms with Crippen LogP contribution in [0, 0.1) is 12.7 Å². The quantitative estimate of drug-likeness (QED) is 0.827. The molecule has 0 aliphatic carbocycles. The van der Waals surface area contributed by atoms with Gasteiger partial charge in [-0.1, -0.05) is 19.1 Å². The van der Waals surface area contributed by atoms with Crippen LogP contribution < -0.4 is 0 Å². The molecule has 0 bridgehead atoms. The lowest BCUT2D eigenvalue weighted by molar-refractivity contribution is -0.143. The topological polar surface area (TPSA) is 57.5 Å². The lowest BCUT2D eigenvalue weighted by atomic mass is 9.87. The van der Waals surface area contributed by atoms with Gasteiger partial charge in [-0.3, -0.25) is 4.79 Å². The molecule has 0 spiro atoms. The van der Waals surface area contributed by atoms with Gasteiger partial charge in [0.25, 0.3) is 0 Å². The summed E-state index contributed by atoms with van der Waals surface area (Å²) in [6, 6.07) is 4.16. The fourth-order valence-electron chi connectivity index (χ4n) is 1.62. The van der Waals surface area contributed by atoms with Gasteiger partial charge in [0.1, 0.15) is 5.82 Å². The summed E-state index contributed by atoms with van der Waals surface area (Å²) in [6.07, 6.45) is -0.112. The third-order valence-corrected chi connectivity index (χ3v) is 2.72. The second-order valence-corrected chi connectivity index (χ2v) is 3.92. The molecule has 1 atom stereocenters. The minimum atomic E-state index is -1.43. The first kappa shape index (κ1) is 12.6. The molecule has 2 N–H and O–H groups in total. The molecule has 1 rings (SSSR count). The third kappa shape index (κ3) is 2.58. The number of hydrogen-bond donors (Lipinski definition) is 2. The Morgan fingerprint density at radius 1 is 1.50 bits per heavy atom. The standard InChI is InChI=1S/C12H15FO3/c1-3-12(16,7-11(14)15)9-4-5-10(13)8(2)6-9/h4-6,16H,3,7H2,1-2H3,(H,14,15). The van der Waals surface area contributed by atoms with E-state index < -0.39 is 11.6 Å². The highest BCUT2D eigenvalue weighted by molar-refractivity contribution is 5.68. The number of hydrogen-bond acceptors (Lipinski definition) is 2. The van der Waals surface area contributed by atoms with Crippen molar-refractivity contribution in [2.45, 2.75) is 32.3 Å². The van der Waals surface area contributed by atoms with Crippen molar-refractivity contribution in [1.82, 2.24) is 0 Å². The maximum Gasteiger partial charge on any atom is 0.306 e. The van der Waals surface area contributed by atoms with Crippen LogP contribution >= 0.6 is 0 Å². The van der Waals surface area contributed by atoms with Crippen LogP contribution in [0.5, 0.6) is 0 Å². The number of aliphatic carboxylic acids is 1. The lowest BCUT2D eigenvalue weighted by Gasteiger charge is -2.25. The van der Waals surface area contributed by atoms with Gasteiger partial charge in [-0.15, -0.1) is 0 Å². The zero-order valence-corrected chi connectivity index (χ0v) is 9.33. The van der Waals surface area contributed by atoms with Crippen LogP contribution in [-0.2, 0) is 10.4 Å². The van der Waals surface area contributed by atoms with E-state index >= 15 is 0 Å². The van der Waals surface area contributed by atoms with Gasteiger partial charge in [0.05, 0.1) is 12.0 Å². The number of carbonyl (C=O) groups is 1. The number of benzene rings is 1. The molecule has 16 heavy (non-hydrogen) atoms. The first-order valence-electron chi connectivity index (χ1n) is 5.10. The molecular formula is C12H15FO3. The fraction of sp³-hybridized carbons (Fsp3) is 0.417. The highest BCUT2D eigenvalue weighted by Crippen LogP contribution is 2.29. The minimum absolute atomic E-state index is 0.268. The smallest absolute Gasteiger partial charge is 0.306 e. The molecule has 0 saturated heterocycles. The molecule has 1 aromatic rings. The van der Waals surface area contributed by atoms with Crippen LogP contribution in [0.25, 0.3) is 0 Å². The molecule has 0 radical (unpaired) electrons. The molecule has 0 aromatic heterocycles. The molecule has 0 saturated carbocycles. The number of rotatable bonds is 4. The van der Waals surface area contributed by atoms with Crippen LogP contribution in [0.2, 0.25) is 0 Å². The molecule has 4 heteroatoms. The summed E-state index contributed by atoms with van der Waals surface area (Å²) in [6.45, 7) is 3.28. The Morgan fingerprint density at radius 2 is 2.12 bits per heavy atom. The van der Waals surface area contributed by atoms with E-state index in [1.54, 1.807) is 13.8 Å². The van der Waals surface area contributed by atoms with Crippen molar-refractivity contribution in [2.24, 2.45) is 0 Å². The molecule has 88 valence electrons. The summed E-state index contributed by atoms with van der Waals surface area (Å²) in [4.78, 5) is 10.7. The average molecular weight is 226 g/mol. The summed E-state index contributed by atoms with van der Waals surface area (Å²) >= 11 is 0. The van der Waals surface area contributed by atoms with E-state index in [1.165, 1.54) is 18.2 Å². The second kappa shape index (κ2) is 4.61. The second-order valence-electron chi connectivity index (χ2n) is 3.92. The number of aliphatic hydroxyl groups is 1. The SMILES string of the molecule is CCC(O)(CC(=O)O)c1ccc(F)c(C)c1. The monoisotopic (exact) mass is 226 g/mol. The van der Waals surface area contributed by atoms with Crippen LogP contribution in [0.1, 0.15) is 30.9 Å². The van der Waals surface area contributed by atoms with E-state index in [-0.39, 0.29) is 18.7 Å². The predicted octanol–water partition coefficient (Wildman–Crippen LogP) is 2.21. The van der Waals surface area contributed by atoms with E-state index in [9.17, 15) is 14.3 Å². The zero-order valence-electron chi connectivity index (χ0n) is 9.33. The number of halogens is 1. The Labute approximate surface area is 93.5 Å². The van der Waals surface area contributed by atoms with Gasteiger partial charge in [-0.2, -0.15) is 0 Å². The molecule has 0 fully saturated rings. The molecule has 0 aliphatic heterocycles.